The summed E-state index contributed by atoms with van der Waals surface area (Å²) in [7, 11) is 1.33. The van der Waals surface area contributed by atoms with Gasteiger partial charge in [-0.2, -0.15) is 0 Å². The molecule has 5 nitrogen and oxygen atoms in total. The van der Waals surface area contributed by atoms with Crippen LogP contribution in [0.4, 0.5) is 0 Å². The van der Waals surface area contributed by atoms with Gasteiger partial charge in [0.25, 0.3) is 5.91 Å². The maximum Gasteiger partial charge on any atom is 0.307 e. The first-order chi connectivity index (χ1) is 7.69. The van der Waals surface area contributed by atoms with E-state index in [0.29, 0.717) is 13.1 Å². The van der Waals surface area contributed by atoms with Crippen molar-refractivity contribution >= 4 is 11.9 Å². The van der Waals surface area contributed by atoms with Crippen molar-refractivity contribution in [2.75, 3.05) is 20.2 Å². The zero-order valence-electron chi connectivity index (χ0n) is 9.43. The van der Waals surface area contributed by atoms with Crippen LogP contribution < -0.4 is 0 Å². The fourth-order valence-corrected chi connectivity index (χ4v) is 1.29. The third kappa shape index (κ3) is 3.12. The number of amides is 1. The number of furan rings is 1. The van der Waals surface area contributed by atoms with E-state index in [-0.39, 0.29) is 24.1 Å². The molecule has 0 spiro atoms. The van der Waals surface area contributed by atoms with Crippen LogP contribution in [-0.2, 0) is 9.53 Å². The Hall–Kier alpha value is -1.78. The molecule has 0 N–H and O–H groups in total. The predicted molar refractivity (Wildman–Crippen MR) is 56.9 cm³/mol. The van der Waals surface area contributed by atoms with E-state index in [1.54, 1.807) is 12.1 Å². The highest BCUT2D eigenvalue weighted by atomic mass is 16.5. The average Bonchev–Trinajstić information content (AvgIpc) is 2.82. The number of methoxy groups -OCH3 is 1. The summed E-state index contributed by atoms with van der Waals surface area (Å²) in [4.78, 5) is 24.3. The molecular formula is C11H15NO4. The highest BCUT2D eigenvalue weighted by Crippen LogP contribution is 2.06. The van der Waals surface area contributed by atoms with Crippen molar-refractivity contribution in [3.8, 4) is 0 Å². The maximum atomic E-state index is 11.8. The summed E-state index contributed by atoms with van der Waals surface area (Å²) in [6.45, 7) is 2.71. The molecule has 0 saturated heterocycles. The average molecular weight is 225 g/mol. The molecule has 1 aromatic heterocycles. The fraction of sp³-hybridized carbons (Fsp3) is 0.455. The van der Waals surface area contributed by atoms with Gasteiger partial charge in [-0.1, -0.05) is 0 Å². The number of hydrogen-bond acceptors (Lipinski definition) is 4. The molecular weight excluding hydrogens is 210 g/mol. The van der Waals surface area contributed by atoms with Crippen LogP contribution in [0.1, 0.15) is 23.9 Å². The molecule has 0 unspecified atom stereocenters. The first-order valence-electron chi connectivity index (χ1n) is 5.08. The van der Waals surface area contributed by atoms with E-state index in [9.17, 15) is 9.59 Å². The van der Waals surface area contributed by atoms with Crippen LogP contribution in [-0.4, -0.2) is 37.0 Å². The molecule has 0 atom stereocenters. The third-order valence-corrected chi connectivity index (χ3v) is 2.21. The summed E-state index contributed by atoms with van der Waals surface area (Å²) in [5.74, 6) is -0.256. The molecule has 0 aliphatic heterocycles. The van der Waals surface area contributed by atoms with E-state index in [0.717, 1.165) is 0 Å². The largest absolute Gasteiger partial charge is 0.469 e. The number of ether oxygens (including phenoxy) is 1. The van der Waals surface area contributed by atoms with Crippen molar-refractivity contribution in [2.45, 2.75) is 13.3 Å². The molecule has 0 radical (unpaired) electrons. The molecule has 1 heterocycles. The summed E-state index contributed by atoms with van der Waals surface area (Å²) >= 11 is 0. The smallest absolute Gasteiger partial charge is 0.307 e. The molecule has 1 amide bonds. The summed E-state index contributed by atoms with van der Waals surface area (Å²) < 4.78 is 9.52. The lowest BCUT2D eigenvalue weighted by atomic mass is 10.3. The van der Waals surface area contributed by atoms with Crippen LogP contribution in [0.5, 0.6) is 0 Å². The van der Waals surface area contributed by atoms with Crippen LogP contribution >= 0.6 is 0 Å². The van der Waals surface area contributed by atoms with Gasteiger partial charge < -0.3 is 14.1 Å². The molecule has 88 valence electrons. The van der Waals surface area contributed by atoms with Crippen molar-refractivity contribution in [1.29, 1.82) is 0 Å². The highest BCUT2D eigenvalue weighted by molar-refractivity contribution is 5.91. The second-order valence-electron chi connectivity index (χ2n) is 3.19. The Morgan fingerprint density at radius 3 is 2.75 bits per heavy atom. The van der Waals surface area contributed by atoms with Crippen LogP contribution in [0.2, 0.25) is 0 Å². The molecule has 0 aromatic carbocycles. The minimum absolute atomic E-state index is 0.191. The maximum absolute atomic E-state index is 11.8. The third-order valence-electron chi connectivity index (χ3n) is 2.21. The number of nitrogens with zero attached hydrogens (tertiary/aromatic N) is 1. The summed E-state index contributed by atoms with van der Waals surface area (Å²) in [5.41, 5.74) is 0. The van der Waals surface area contributed by atoms with Crippen LogP contribution in [0, 0.1) is 0 Å². The zero-order valence-corrected chi connectivity index (χ0v) is 9.43. The van der Waals surface area contributed by atoms with E-state index in [4.69, 9.17) is 4.42 Å². The lowest BCUT2D eigenvalue weighted by Crippen LogP contribution is -2.32. The minimum atomic E-state index is -0.328. The molecule has 1 rings (SSSR count). The predicted octanol–water partition coefficient (Wildman–Crippen LogP) is 1.30. The Balaban J connectivity index is 2.54. The van der Waals surface area contributed by atoms with Crippen molar-refractivity contribution in [3.63, 3.8) is 0 Å². The van der Waals surface area contributed by atoms with E-state index >= 15 is 0 Å². The van der Waals surface area contributed by atoms with Crippen LogP contribution in [0.3, 0.4) is 0 Å². The van der Waals surface area contributed by atoms with Gasteiger partial charge in [0.15, 0.2) is 5.76 Å². The molecule has 0 bridgehead atoms. The lowest BCUT2D eigenvalue weighted by Gasteiger charge is -2.18. The number of carbonyl (C=O) groups is 2. The van der Waals surface area contributed by atoms with E-state index in [2.05, 4.69) is 4.74 Å². The SMILES string of the molecule is CCN(CCC(=O)OC)C(=O)c1ccco1. The Bertz CT molecular complexity index is 345. The van der Waals surface area contributed by atoms with Gasteiger partial charge in [0.1, 0.15) is 0 Å². The normalized spacial score (nSPS) is 9.88. The van der Waals surface area contributed by atoms with Gasteiger partial charge in [-0.25, -0.2) is 0 Å². The monoisotopic (exact) mass is 225 g/mol. The summed E-state index contributed by atoms with van der Waals surface area (Å²) in [6, 6.07) is 3.25. The van der Waals surface area contributed by atoms with Gasteiger partial charge in [0.2, 0.25) is 0 Å². The second kappa shape index (κ2) is 5.95. The molecule has 0 aliphatic carbocycles. The standard InChI is InChI=1S/C11H15NO4/c1-3-12(7-6-10(13)15-2)11(14)9-5-4-8-16-9/h4-5,8H,3,6-7H2,1-2H3. The molecule has 5 heteroatoms. The van der Waals surface area contributed by atoms with Crippen molar-refractivity contribution < 1.29 is 18.7 Å². The van der Waals surface area contributed by atoms with E-state index in [1.807, 2.05) is 6.92 Å². The first kappa shape index (κ1) is 12.3. The minimum Gasteiger partial charge on any atom is -0.469 e. The summed E-state index contributed by atoms with van der Waals surface area (Å²) in [6.07, 6.45) is 1.64. The number of hydrogen-bond donors (Lipinski definition) is 0. The first-order valence-corrected chi connectivity index (χ1v) is 5.08. The quantitative estimate of drug-likeness (QED) is 0.709. The van der Waals surface area contributed by atoms with Crippen molar-refractivity contribution in [3.05, 3.63) is 24.2 Å². The van der Waals surface area contributed by atoms with E-state index in [1.165, 1.54) is 18.3 Å². The van der Waals surface area contributed by atoms with Gasteiger partial charge in [0, 0.05) is 13.1 Å². The van der Waals surface area contributed by atoms with Gasteiger partial charge in [-0.15, -0.1) is 0 Å². The lowest BCUT2D eigenvalue weighted by molar-refractivity contribution is -0.140. The number of rotatable bonds is 5. The van der Waals surface area contributed by atoms with Crippen molar-refractivity contribution in [1.82, 2.24) is 4.90 Å². The van der Waals surface area contributed by atoms with Crippen molar-refractivity contribution in [2.24, 2.45) is 0 Å². The van der Waals surface area contributed by atoms with Crippen LogP contribution in [0.25, 0.3) is 0 Å². The van der Waals surface area contributed by atoms with Gasteiger partial charge >= 0.3 is 5.97 Å². The summed E-state index contributed by atoms with van der Waals surface area (Å²) in [5, 5.41) is 0. The van der Waals surface area contributed by atoms with Gasteiger partial charge in [0.05, 0.1) is 19.8 Å². The Morgan fingerprint density at radius 2 is 2.25 bits per heavy atom. The fourth-order valence-electron chi connectivity index (χ4n) is 1.29. The van der Waals surface area contributed by atoms with Gasteiger partial charge in [-0.3, -0.25) is 9.59 Å². The molecule has 0 saturated carbocycles. The van der Waals surface area contributed by atoms with Gasteiger partial charge in [-0.05, 0) is 19.1 Å². The Morgan fingerprint density at radius 1 is 1.50 bits per heavy atom. The molecule has 0 fully saturated rings. The molecule has 16 heavy (non-hydrogen) atoms. The van der Waals surface area contributed by atoms with Crippen LogP contribution in [0.15, 0.2) is 22.8 Å². The topological polar surface area (TPSA) is 59.8 Å². The number of esters is 1. The molecule has 0 aliphatic rings. The Labute approximate surface area is 94.0 Å². The number of carbonyl (C=O) groups excluding carboxylic acids is 2. The highest BCUT2D eigenvalue weighted by Gasteiger charge is 2.17. The zero-order chi connectivity index (χ0) is 12.0. The molecule has 1 aromatic rings. The Kier molecular flexibility index (Phi) is 4.57. The van der Waals surface area contributed by atoms with E-state index < -0.39 is 0 Å². The second-order valence-corrected chi connectivity index (χ2v) is 3.19.